The van der Waals surface area contributed by atoms with Gasteiger partial charge in [0.05, 0.1) is 29.5 Å². The van der Waals surface area contributed by atoms with E-state index in [1.165, 1.54) is 0 Å². The first-order valence-electron chi connectivity index (χ1n) is 9.97. The quantitative estimate of drug-likeness (QED) is 0.695. The van der Waals surface area contributed by atoms with Crippen LogP contribution in [0.4, 0.5) is 11.6 Å². The molecule has 29 heavy (non-hydrogen) atoms. The average Bonchev–Trinajstić information content (AvgIpc) is 3.14. The zero-order chi connectivity index (χ0) is 20.4. The Balaban J connectivity index is 1.37. The number of pyridine rings is 2. The van der Waals surface area contributed by atoms with Gasteiger partial charge in [-0.2, -0.15) is 0 Å². The third-order valence-electron chi connectivity index (χ3n) is 5.49. The minimum absolute atomic E-state index is 0.0193. The summed E-state index contributed by atoms with van der Waals surface area (Å²) in [5.74, 6) is 1.66. The van der Waals surface area contributed by atoms with Gasteiger partial charge in [0.2, 0.25) is 0 Å². The lowest BCUT2D eigenvalue weighted by molar-refractivity contribution is 0.718. The Morgan fingerprint density at radius 1 is 0.931 bits per heavy atom. The molecular formula is C22H26N6O. The van der Waals surface area contributed by atoms with Crippen LogP contribution in [0.3, 0.4) is 0 Å². The molecule has 4 rings (SSSR count). The Bertz CT molecular complexity index is 1060. The maximum atomic E-state index is 12.3. The van der Waals surface area contributed by atoms with Gasteiger partial charge in [-0.15, -0.1) is 0 Å². The lowest BCUT2D eigenvalue weighted by Gasteiger charge is -2.16. The molecule has 2 atom stereocenters. The summed E-state index contributed by atoms with van der Waals surface area (Å²) in [5.41, 5.74) is 3.38. The Hall–Kier alpha value is -3.22. The molecule has 1 aliphatic rings. The number of nitrogens with zero attached hydrogens (tertiary/aromatic N) is 4. The van der Waals surface area contributed by atoms with Gasteiger partial charge in [-0.05, 0) is 58.2 Å². The second-order valence-electron chi connectivity index (χ2n) is 7.69. The van der Waals surface area contributed by atoms with Crippen LogP contribution in [0.1, 0.15) is 36.2 Å². The van der Waals surface area contributed by atoms with Gasteiger partial charge in [0.15, 0.2) is 0 Å². The Morgan fingerprint density at radius 3 is 2.38 bits per heavy atom. The molecule has 2 N–H and O–H groups in total. The SMILES string of the molecule is Cc1ncc(N[C@H]2CC[C@H](Nc3ccc(-n4cccc(C)c4=O)cn3)C2)nc1C. The van der Waals surface area contributed by atoms with Gasteiger partial charge in [0.25, 0.3) is 5.56 Å². The van der Waals surface area contributed by atoms with Crippen LogP contribution in [0, 0.1) is 20.8 Å². The second kappa shape index (κ2) is 8.03. The van der Waals surface area contributed by atoms with Crippen LogP contribution in [0.15, 0.2) is 47.7 Å². The third-order valence-corrected chi connectivity index (χ3v) is 5.49. The summed E-state index contributed by atoms with van der Waals surface area (Å²) in [7, 11) is 0. The lowest BCUT2D eigenvalue weighted by atomic mass is 10.2. The highest BCUT2D eigenvalue weighted by atomic mass is 16.1. The van der Waals surface area contributed by atoms with E-state index in [0.717, 1.165) is 48.0 Å². The van der Waals surface area contributed by atoms with Gasteiger partial charge in [-0.1, -0.05) is 6.07 Å². The maximum absolute atomic E-state index is 12.3. The van der Waals surface area contributed by atoms with E-state index in [4.69, 9.17) is 0 Å². The predicted molar refractivity (Wildman–Crippen MR) is 115 cm³/mol. The van der Waals surface area contributed by atoms with E-state index in [9.17, 15) is 4.79 Å². The Kier molecular flexibility index (Phi) is 5.29. The monoisotopic (exact) mass is 390 g/mol. The van der Waals surface area contributed by atoms with Crippen molar-refractivity contribution in [2.75, 3.05) is 10.6 Å². The van der Waals surface area contributed by atoms with E-state index < -0.39 is 0 Å². The fraction of sp³-hybridized carbons (Fsp3) is 0.364. The smallest absolute Gasteiger partial charge is 0.258 e. The van der Waals surface area contributed by atoms with Crippen molar-refractivity contribution in [3.8, 4) is 5.69 Å². The second-order valence-corrected chi connectivity index (χ2v) is 7.69. The number of nitrogens with one attached hydrogen (secondary N) is 2. The molecular weight excluding hydrogens is 364 g/mol. The first kappa shape index (κ1) is 19.1. The highest BCUT2D eigenvalue weighted by Crippen LogP contribution is 2.25. The maximum Gasteiger partial charge on any atom is 0.258 e. The number of rotatable bonds is 5. The van der Waals surface area contributed by atoms with Crippen LogP contribution in [0.2, 0.25) is 0 Å². The molecule has 1 saturated carbocycles. The van der Waals surface area contributed by atoms with E-state index in [-0.39, 0.29) is 5.56 Å². The average molecular weight is 390 g/mol. The number of aryl methyl sites for hydroxylation is 3. The van der Waals surface area contributed by atoms with Gasteiger partial charge in [0, 0.05) is 23.8 Å². The van der Waals surface area contributed by atoms with Crippen molar-refractivity contribution in [2.24, 2.45) is 0 Å². The van der Waals surface area contributed by atoms with Crippen molar-refractivity contribution in [3.63, 3.8) is 0 Å². The van der Waals surface area contributed by atoms with Gasteiger partial charge >= 0.3 is 0 Å². The molecule has 0 radical (unpaired) electrons. The highest BCUT2D eigenvalue weighted by molar-refractivity contribution is 5.42. The van der Waals surface area contributed by atoms with Crippen molar-refractivity contribution in [2.45, 2.75) is 52.1 Å². The molecule has 0 spiro atoms. The Morgan fingerprint density at radius 2 is 1.69 bits per heavy atom. The molecule has 1 aliphatic carbocycles. The summed E-state index contributed by atoms with van der Waals surface area (Å²) in [6.07, 6.45) is 8.44. The van der Waals surface area contributed by atoms with E-state index in [1.54, 1.807) is 23.2 Å². The molecule has 3 aromatic heterocycles. The first-order chi connectivity index (χ1) is 14.0. The Labute approximate surface area is 170 Å². The van der Waals surface area contributed by atoms with Crippen LogP contribution < -0.4 is 16.2 Å². The number of hydrogen-bond acceptors (Lipinski definition) is 6. The fourth-order valence-electron chi connectivity index (χ4n) is 3.69. The standard InChI is InChI=1S/C22H26N6O/c1-14-5-4-10-28(22(14)29)19-8-9-20(24-12-19)26-17-6-7-18(11-17)27-21-13-23-15(2)16(3)25-21/h4-5,8-10,12-13,17-18H,6-7,11H2,1-3H3,(H,24,26)(H,25,27)/t17-,18-/m0/s1. The normalized spacial score (nSPS) is 18.6. The molecule has 3 heterocycles. The fourth-order valence-corrected chi connectivity index (χ4v) is 3.69. The molecule has 0 unspecified atom stereocenters. The molecule has 3 aromatic rings. The molecule has 0 amide bonds. The lowest BCUT2D eigenvalue weighted by Crippen LogP contribution is -2.22. The van der Waals surface area contributed by atoms with E-state index in [0.29, 0.717) is 17.6 Å². The molecule has 0 saturated heterocycles. The highest BCUT2D eigenvalue weighted by Gasteiger charge is 2.25. The zero-order valence-corrected chi connectivity index (χ0v) is 17.0. The first-order valence-corrected chi connectivity index (χ1v) is 9.97. The van der Waals surface area contributed by atoms with Crippen molar-refractivity contribution in [1.29, 1.82) is 0 Å². The molecule has 0 aromatic carbocycles. The van der Waals surface area contributed by atoms with E-state index in [1.807, 2.05) is 45.0 Å². The van der Waals surface area contributed by atoms with Crippen molar-refractivity contribution in [1.82, 2.24) is 19.5 Å². The van der Waals surface area contributed by atoms with Gasteiger partial charge in [-0.3, -0.25) is 14.3 Å². The minimum Gasteiger partial charge on any atom is -0.367 e. The predicted octanol–water partition coefficient (Wildman–Crippen LogP) is 3.39. The van der Waals surface area contributed by atoms with Gasteiger partial charge < -0.3 is 10.6 Å². The van der Waals surface area contributed by atoms with E-state index >= 15 is 0 Å². The molecule has 1 fully saturated rings. The van der Waals surface area contributed by atoms with Crippen LogP contribution in [-0.4, -0.2) is 31.6 Å². The van der Waals surface area contributed by atoms with Crippen LogP contribution in [-0.2, 0) is 0 Å². The molecule has 7 nitrogen and oxygen atoms in total. The van der Waals surface area contributed by atoms with Crippen molar-refractivity contribution in [3.05, 3.63) is 70.2 Å². The van der Waals surface area contributed by atoms with Gasteiger partial charge in [-0.25, -0.2) is 9.97 Å². The van der Waals surface area contributed by atoms with Crippen LogP contribution in [0.5, 0.6) is 0 Å². The van der Waals surface area contributed by atoms with E-state index in [2.05, 4.69) is 25.6 Å². The zero-order valence-electron chi connectivity index (χ0n) is 17.0. The molecule has 7 heteroatoms. The number of anilines is 2. The van der Waals surface area contributed by atoms with Crippen molar-refractivity contribution >= 4 is 11.6 Å². The molecule has 0 aliphatic heterocycles. The third kappa shape index (κ3) is 4.29. The summed E-state index contributed by atoms with van der Waals surface area (Å²) in [6.45, 7) is 5.76. The number of hydrogen-bond donors (Lipinski definition) is 2. The summed E-state index contributed by atoms with van der Waals surface area (Å²) >= 11 is 0. The largest absolute Gasteiger partial charge is 0.367 e. The van der Waals surface area contributed by atoms with Crippen LogP contribution >= 0.6 is 0 Å². The van der Waals surface area contributed by atoms with Gasteiger partial charge in [0.1, 0.15) is 11.6 Å². The molecule has 150 valence electrons. The molecule has 0 bridgehead atoms. The summed E-state index contributed by atoms with van der Waals surface area (Å²) in [5, 5.41) is 7.00. The van der Waals surface area contributed by atoms with Crippen molar-refractivity contribution < 1.29 is 0 Å². The summed E-state index contributed by atoms with van der Waals surface area (Å²) in [6, 6.07) is 8.26. The topological polar surface area (TPSA) is 84.7 Å². The summed E-state index contributed by atoms with van der Waals surface area (Å²) < 4.78 is 1.62. The summed E-state index contributed by atoms with van der Waals surface area (Å²) in [4.78, 5) is 25.7. The van der Waals surface area contributed by atoms with Crippen LogP contribution in [0.25, 0.3) is 5.69 Å². The minimum atomic E-state index is -0.0193. The number of aromatic nitrogens is 4.